The molecular weight excluding hydrogens is 164 g/mol. The molecule has 0 aliphatic heterocycles. The van der Waals surface area contributed by atoms with Crippen molar-refractivity contribution in [2.24, 2.45) is 5.41 Å². The zero-order valence-corrected chi connectivity index (χ0v) is 9.64. The molecule has 0 aromatic rings. The van der Waals surface area contributed by atoms with Crippen LogP contribution in [0.1, 0.15) is 27.7 Å². The molecule has 0 aromatic carbocycles. The molecule has 0 saturated carbocycles. The predicted molar refractivity (Wildman–Crippen MR) is 55.6 cm³/mol. The van der Waals surface area contributed by atoms with Crippen LogP contribution in [0.2, 0.25) is 0 Å². The van der Waals surface area contributed by atoms with Crippen molar-refractivity contribution in [1.82, 2.24) is 10.2 Å². The van der Waals surface area contributed by atoms with Gasteiger partial charge in [-0.05, 0) is 19.4 Å². The number of likely N-dealkylation sites (N-methyl/N-ethyl adjacent to an activating group) is 2. The van der Waals surface area contributed by atoms with Crippen LogP contribution in [0.5, 0.6) is 0 Å². The van der Waals surface area contributed by atoms with E-state index in [0.717, 1.165) is 0 Å². The Labute approximate surface area is 81.5 Å². The van der Waals surface area contributed by atoms with Gasteiger partial charge >= 0.3 is 0 Å². The van der Waals surface area contributed by atoms with Gasteiger partial charge in [0.15, 0.2) is 0 Å². The molecule has 0 rings (SSSR count). The van der Waals surface area contributed by atoms with Gasteiger partial charge in [-0.25, -0.2) is 0 Å². The first-order valence-corrected chi connectivity index (χ1v) is 4.71. The SMILES string of the molecule is CNCC(=O)N(C)C(C)C(C)(C)C. The fraction of sp³-hybridized carbons (Fsp3) is 0.900. The molecule has 0 radical (unpaired) electrons. The second kappa shape index (κ2) is 4.61. The number of amides is 1. The molecule has 78 valence electrons. The predicted octanol–water partition coefficient (Wildman–Crippen LogP) is 1.10. The van der Waals surface area contributed by atoms with Gasteiger partial charge in [0.1, 0.15) is 0 Å². The van der Waals surface area contributed by atoms with Crippen LogP contribution < -0.4 is 5.32 Å². The Kier molecular flexibility index (Phi) is 4.40. The number of nitrogens with zero attached hydrogens (tertiary/aromatic N) is 1. The minimum absolute atomic E-state index is 0.137. The van der Waals surface area contributed by atoms with Crippen molar-refractivity contribution in [2.75, 3.05) is 20.6 Å². The van der Waals surface area contributed by atoms with Gasteiger partial charge < -0.3 is 10.2 Å². The lowest BCUT2D eigenvalue weighted by Gasteiger charge is -2.35. The van der Waals surface area contributed by atoms with E-state index in [1.165, 1.54) is 0 Å². The first-order chi connectivity index (χ1) is 5.80. The van der Waals surface area contributed by atoms with Crippen molar-refractivity contribution < 1.29 is 4.79 Å². The smallest absolute Gasteiger partial charge is 0.236 e. The van der Waals surface area contributed by atoms with Crippen molar-refractivity contribution >= 4 is 5.91 Å². The van der Waals surface area contributed by atoms with Crippen LogP contribution in [0, 0.1) is 5.41 Å². The van der Waals surface area contributed by atoms with Crippen LogP contribution in [0.15, 0.2) is 0 Å². The molecule has 0 spiro atoms. The summed E-state index contributed by atoms with van der Waals surface area (Å²) in [5.41, 5.74) is 0.137. The lowest BCUT2D eigenvalue weighted by atomic mass is 9.87. The molecule has 0 aliphatic carbocycles. The summed E-state index contributed by atoms with van der Waals surface area (Å²) in [7, 11) is 3.64. The summed E-state index contributed by atoms with van der Waals surface area (Å²) in [6, 6.07) is 0.258. The molecule has 0 bridgehead atoms. The Morgan fingerprint density at radius 1 is 1.46 bits per heavy atom. The molecule has 0 aliphatic rings. The third-order valence-corrected chi connectivity index (χ3v) is 2.56. The summed E-state index contributed by atoms with van der Waals surface area (Å²) in [4.78, 5) is 13.3. The Balaban J connectivity index is 4.25. The zero-order valence-electron chi connectivity index (χ0n) is 9.64. The van der Waals surface area contributed by atoms with Crippen LogP contribution in [0.4, 0.5) is 0 Å². The van der Waals surface area contributed by atoms with Crippen molar-refractivity contribution in [1.29, 1.82) is 0 Å². The molecule has 1 N–H and O–H groups in total. The highest BCUT2D eigenvalue weighted by molar-refractivity contribution is 5.78. The molecule has 0 aromatic heterocycles. The van der Waals surface area contributed by atoms with E-state index in [2.05, 4.69) is 33.0 Å². The van der Waals surface area contributed by atoms with Crippen LogP contribution in [-0.2, 0) is 4.79 Å². The summed E-state index contributed by atoms with van der Waals surface area (Å²) < 4.78 is 0. The van der Waals surface area contributed by atoms with Crippen LogP contribution in [0.3, 0.4) is 0 Å². The van der Waals surface area contributed by atoms with E-state index in [-0.39, 0.29) is 17.4 Å². The minimum Gasteiger partial charge on any atom is -0.341 e. The molecule has 1 amide bonds. The second-order valence-electron chi connectivity index (χ2n) is 4.58. The average molecular weight is 186 g/mol. The van der Waals surface area contributed by atoms with E-state index in [9.17, 15) is 4.79 Å². The topological polar surface area (TPSA) is 32.3 Å². The molecule has 0 fully saturated rings. The number of hydrogen-bond acceptors (Lipinski definition) is 2. The number of nitrogens with one attached hydrogen (secondary N) is 1. The average Bonchev–Trinajstić information content (AvgIpc) is 2.00. The lowest BCUT2D eigenvalue weighted by Crippen LogP contribution is -2.45. The van der Waals surface area contributed by atoms with Crippen LogP contribution in [0.25, 0.3) is 0 Å². The summed E-state index contributed by atoms with van der Waals surface area (Å²) in [6.07, 6.45) is 0. The van der Waals surface area contributed by atoms with Gasteiger partial charge in [0.25, 0.3) is 0 Å². The number of carbonyl (C=O) groups excluding carboxylic acids is 1. The molecule has 0 saturated heterocycles. The highest BCUT2D eigenvalue weighted by Crippen LogP contribution is 2.22. The van der Waals surface area contributed by atoms with Gasteiger partial charge in [0.2, 0.25) is 5.91 Å². The van der Waals surface area contributed by atoms with Gasteiger partial charge in [0, 0.05) is 13.1 Å². The maximum Gasteiger partial charge on any atom is 0.236 e. The van der Waals surface area contributed by atoms with Gasteiger partial charge in [0.05, 0.1) is 6.54 Å². The molecule has 3 heteroatoms. The standard InChI is InChI=1S/C10H22N2O/c1-8(10(2,3)4)12(6)9(13)7-11-5/h8,11H,7H2,1-6H3. The third-order valence-electron chi connectivity index (χ3n) is 2.56. The molecule has 1 unspecified atom stereocenters. The summed E-state index contributed by atoms with van der Waals surface area (Å²) in [5.74, 6) is 0.143. The second-order valence-corrected chi connectivity index (χ2v) is 4.58. The minimum atomic E-state index is 0.137. The maximum atomic E-state index is 11.5. The Morgan fingerprint density at radius 2 is 1.92 bits per heavy atom. The van der Waals surface area contributed by atoms with Crippen LogP contribution in [-0.4, -0.2) is 37.5 Å². The Morgan fingerprint density at radius 3 is 2.23 bits per heavy atom. The number of hydrogen-bond donors (Lipinski definition) is 1. The van der Waals surface area contributed by atoms with E-state index >= 15 is 0 Å². The van der Waals surface area contributed by atoms with Gasteiger partial charge in [-0.3, -0.25) is 4.79 Å². The Bertz CT molecular complexity index is 172. The van der Waals surface area contributed by atoms with Crippen LogP contribution >= 0.6 is 0 Å². The molecule has 13 heavy (non-hydrogen) atoms. The van der Waals surface area contributed by atoms with E-state index < -0.39 is 0 Å². The number of rotatable bonds is 3. The maximum absolute atomic E-state index is 11.5. The Hall–Kier alpha value is -0.570. The molecular formula is C10H22N2O. The van der Waals surface area contributed by atoms with E-state index in [1.807, 2.05) is 7.05 Å². The molecule has 1 atom stereocenters. The van der Waals surface area contributed by atoms with Crippen molar-refractivity contribution in [3.05, 3.63) is 0 Å². The fourth-order valence-corrected chi connectivity index (χ4v) is 1.07. The summed E-state index contributed by atoms with van der Waals surface area (Å²) in [5, 5.41) is 2.86. The number of carbonyl (C=O) groups is 1. The van der Waals surface area contributed by atoms with Gasteiger partial charge in [-0.1, -0.05) is 20.8 Å². The van der Waals surface area contributed by atoms with Gasteiger partial charge in [-0.15, -0.1) is 0 Å². The normalized spacial score (nSPS) is 14.0. The first kappa shape index (κ1) is 12.4. The van der Waals surface area contributed by atoms with Crippen molar-refractivity contribution in [2.45, 2.75) is 33.7 Å². The first-order valence-electron chi connectivity index (χ1n) is 4.71. The highest BCUT2D eigenvalue weighted by Gasteiger charge is 2.26. The van der Waals surface area contributed by atoms with Crippen molar-refractivity contribution in [3.63, 3.8) is 0 Å². The monoisotopic (exact) mass is 186 g/mol. The zero-order chi connectivity index (χ0) is 10.6. The highest BCUT2D eigenvalue weighted by atomic mass is 16.2. The fourth-order valence-electron chi connectivity index (χ4n) is 1.07. The van der Waals surface area contributed by atoms with Crippen molar-refractivity contribution in [3.8, 4) is 0 Å². The van der Waals surface area contributed by atoms with Gasteiger partial charge in [-0.2, -0.15) is 0 Å². The summed E-state index contributed by atoms with van der Waals surface area (Å²) in [6.45, 7) is 8.91. The van der Waals surface area contributed by atoms with E-state index in [1.54, 1.807) is 11.9 Å². The quantitative estimate of drug-likeness (QED) is 0.716. The largest absolute Gasteiger partial charge is 0.341 e. The summed E-state index contributed by atoms with van der Waals surface area (Å²) >= 11 is 0. The lowest BCUT2D eigenvalue weighted by molar-refractivity contribution is -0.132. The van der Waals surface area contributed by atoms with E-state index in [4.69, 9.17) is 0 Å². The molecule has 3 nitrogen and oxygen atoms in total. The third kappa shape index (κ3) is 3.77. The molecule has 0 heterocycles. The van der Waals surface area contributed by atoms with E-state index in [0.29, 0.717) is 6.54 Å².